The van der Waals surface area contributed by atoms with Crippen molar-refractivity contribution < 1.29 is 9.59 Å². The maximum absolute atomic E-state index is 12.6. The number of fused-ring (bicyclic) bond motifs is 1. The van der Waals surface area contributed by atoms with Crippen LogP contribution in [0, 0.1) is 5.92 Å². The normalized spacial score (nSPS) is 13.5. The molecule has 0 atom stereocenters. The fraction of sp³-hybridized carbons (Fsp3) is 0.500. The minimum Gasteiger partial charge on any atom is -0.325 e. The second kappa shape index (κ2) is 6.40. The Bertz CT molecular complexity index is 534. The van der Waals surface area contributed by atoms with Crippen LogP contribution in [0.3, 0.4) is 0 Å². The first-order valence-corrected chi connectivity index (χ1v) is 7.61. The van der Waals surface area contributed by atoms with Crippen LogP contribution in [0.2, 0.25) is 5.02 Å². The first-order chi connectivity index (χ1) is 9.56. The topological polar surface area (TPSA) is 46.2 Å². The summed E-state index contributed by atoms with van der Waals surface area (Å²) in [5, 5.41) is 3.19. The minimum absolute atomic E-state index is 0.0330. The van der Waals surface area contributed by atoms with E-state index in [1.165, 1.54) is 0 Å². The predicted molar refractivity (Wildman–Crippen MR) is 81.4 cm³/mol. The van der Waals surface area contributed by atoms with Crippen molar-refractivity contribution in [2.45, 2.75) is 46.0 Å². The average Bonchev–Trinajstić information content (AvgIpc) is 2.76. The first-order valence-electron chi connectivity index (χ1n) is 7.23. The lowest BCUT2D eigenvalue weighted by Gasteiger charge is -2.15. The summed E-state index contributed by atoms with van der Waals surface area (Å²) in [6.07, 6.45) is 4.07. The van der Waals surface area contributed by atoms with E-state index in [-0.39, 0.29) is 17.6 Å². The van der Waals surface area contributed by atoms with Crippen LogP contribution in [0.1, 0.15) is 55.5 Å². The summed E-state index contributed by atoms with van der Waals surface area (Å²) < 4.78 is 0. The maximum Gasteiger partial charge on any atom is 0.228 e. The summed E-state index contributed by atoms with van der Waals surface area (Å²) in [6.45, 7) is 4.17. The Morgan fingerprint density at radius 3 is 2.55 bits per heavy atom. The van der Waals surface area contributed by atoms with Crippen LogP contribution >= 0.6 is 11.6 Å². The Labute approximate surface area is 124 Å². The van der Waals surface area contributed by atoms with E-state index < -0.39 is 0 Å². The minimum atomic E-state index is -0.0423. The summed E-state index contributed by atoms with van der Waals surface area (Å²) in [5.74, 6) is 0.103. The van der Waals surface area contributed by atoms with Gasteiger partial charge < -0.3 is 5.32 Å². The van der Waals surface area contributed by atoms with Crippen molar-refractivity contribution in [2.75, 3.05) is 5.32 Å². The Balaban J connectivity index is 2.30. The molecule has 1 amide bonds. The molecule has 0 aromatic heterocycles. The molecule has 1 aliphatic heterocycles. The van der Waals surface area contributed by atoms with E-state index in [0.717, 1.165) is 36.9 Å². The number of rotatable bonds is 6. The van der Waals surface area contributed by atoms with Gasteiger partial charge in [0.25, 0.3) is 0 Å². The molecule has 20 heavy (non-hydrogen) atoms. The van der Waals surface area contributed by atoms with Crippen LogP contribution in [0.5, 0.6) is 0 Å². The smallest absolute Gasteiger partial charge is 0.228 e. The van der Waals surface area contributed by atoms with E-state index in [0.29, 0.717) is 17.0 Å². The van der Waals surface area contributed by atoms with Gasteiger partial charge >= 0.3 is 0 Å². The predicted octanol–water partition coefficient (Wildman–Crippen LogP) is 4.23. The molecule has 0 saturated heterocycles. The molecule has 1 N–H and O–H groups in total. The van der Waals surface area contributed by atoms with Gasteiger partial charge in [0.15, 0.2) is 5.78 Å². The molecule has 108 valence electrons. The molecular weight excluding hydrogens is 274 g/mol. The third-order valence-electron chi connectivity index (χ3n) is 3.73. The number of ketones is 1. The average molecular weight is 294 g/mol. The van der Waals surface area contributed by atoms with Crippen LogP contribution in [0.15, 0.2) is 12.1 Å². The fourth-order valence-corrected chi connectivity index (χ4v) is 3.02. The molecule has 1 aliphatic rings. The Hall–Kier alpha value is -1.35. The van der Waals surface area contributed by atoms with Gasteiger partial charge in [-0.2, -0.15) is 0 Å². The lowest BCUT2D eigenvalue weighted by molar-refractivity contribution is -0.115. The van der Waals surface area contributed by atoms with Crippen molar-refractivity contribution in [3.8, 4) is 0 Å². The number of carbonyl (C=O) groups is 2. The number of nitrogens with one attached hydrogen (secondary N) is 1. The highest BCUT2D eigenvalue weighted by atomic mass is 35.5. The zero-order valence-corrected chi connectivity index (χ0v) is 12.7. The molecule has 1 aromatic carbocycles. The van der Waals surface area contributed by atoms with Crippen molar-refractivity contribution in [3.05, 3.63) is 28.3 Å². The highest BCUT2D eigenvalue weighted by molar-refractivity contribution is 6.34. The summed E-state index contributed by atoms with van der Waals surface area (Å²) >= 11 is 6.22. The molecule has 0 aliphatic carbocycles. The van der Waals surface area contributed by atoms with Gasteiger partial charge in [-0.15, -0.1) is 0 Å². The van der Waals surface area contributed by atoms with Crippen LogP contribution in [-0.4, -0.2) is 11.7 Å². The first kappa shape index (κ1) is 15.0. The molecule has 0 fully saturated rings. The molecular formula is C16H20ClNO2. The number of amides is 1. The quantitative estimate of drug-likeness (QED) is 0.798. The van der Waals surface area contributed by atoms with Crippen molar-refractivity contribution in [1.29, 1.82) is 0 Å². The van der Waals surface area contributed by atoms with E-state index in [4.69, 9.17) is 11.6 Å². The van der Waals surface area contributed by atoms with Gasteiger partial charge in [0.05, 0.1) is 11.4 Å². The van der Waals surface area contributed by atoms with Gasteiger partial charge in [0.2, 0.25) is 5.91 Å². The Morgan fingerprint density at radius 1 is 1.30 bits per heavy atom. The highest BCUT2D eigenvalue weighted by Crippen LogP contribution is 2.32. The number of anilines is 1. The molecule has 1 aromatic rings. The largest absolute Gasteiger partial charge is 0.325 e. The molecule has 4 heteroatoms. The molecule has 3 nitrogen and oxygen atoms in total. The number of hydrogen-bond acceptors (Lipinski definition) is 2. The number of hydrogen-bond donors (Lipinski definition) is 1. The van der Waals surface area contributed by atoms with Crippen molar-refractivity contribution in [3.63, 3.8) is 0 Å². The number of halogens is 1. The van der Waals surface area contributed by atoms with E-state index in [1.807, 2.05) is 0 Å². The van der Waals surface area contributed by atoms with Gasteiger partial charge in [0.1, 0.15) is 0 Å². The van der Waals surface area contributed by atoms with E-state index in [1.54, 1.807) is 12.1 Å². The molecule has 0 saturated carbocycles. The van der Waals surface area contributed by atoms with Gasteiger partial charge in [-0.25, -0.2) is 0 Å². The summed E-state index contributed by atoms with van der Waals surface area (Å²) in [6, 6.07) is 3.49. The number of Topliss-reactive ketones (excluding diaryl/α,β-unsaturated/α-hetero) is 1. The summed E-state index contributed by atoms with van der Waals surface area (Å²) in [5.41, 5.74) is 2.17. The lowest BCUT2D eigenvalue weighted by atomic mass is 9.89. The standard InChI is InChI=1S/C16H20ClNO2/c1-3-5-10(6-4-2)16(20)12-7-11-8-15(19)18-14(11)9-13(12)17/h7,9-10H,3-6,8H2,1-2H3,(H,18,19). The SMILES string of the molecule is CCCC(CCC)C(=O)c1cc2c(cc1Cl)NC(=O)C2. The van der Waals surface area contributed by atoms with E-state index in [2.05, 4.69) is 19.2 Å². The van der Waals surface area contributed by atoms with Crippen LogP contribution < -0.4 is 5.32 Å². The summed E-state index contributed by atoms with van der Waals surface area (Å²) in [7, 11) is 0. The van der Waals surface area contributed by atoms with E-state index >= 15 is 0 Å². The third-order valence-corrected chi connectivity index (χ3v) is 4.04. The molecule has 2 rings (SSSR count). The zero-order chi connectivity index (χ0) is 14.7. The molecule has 0 unspecified atom stereocenters. The third kappa shape index (κ3) is 3.04. The van der Waals surface area contributed by atoms with Crippen LogP contribution in [-0.2, 0) is 11.2 Å². The fourth-order valence-electron chi connectivity index (χ4n) is 2.76. The molecule has 0 bridgehead atoms. The molecule has 1 heterocycles. The lowest BCUT2D eigenvalue weighted by Crippen LogP contribution is -2.15. The van der Waals surface area contributed by atoms with Gasteiger partial charge in [-0.1, -0.05) is 38.3 Å². The van der Waals surface area contributed by atoms with Gasteiger partial charge in [-0.3, -0.25) is 9.59 Å². The monoisotopic (exact) mass is 293 g/mol. The molecule has 0 spiro atoms. The second-order valence-corrected chi connectivity index (χ2v) is 5.76. The van der Waals surface area contributed by atoms with Crippen molar-refractivity contribution in [1.82, 2.24) is 0 Å². The zero-order valence-electron chi connectivity index (χ0n) is 12.0. The Morgan fingerprint density at radius 2 is 1.95 bits per heavy atom. The van der Waals surface area contributed by atoms with Crippen LogP contribution in [0.4, 0.5) is 5.69 Å². The van der Waals surface area contributed by atoms with Crippen LogP contribution in [0.25, 0.3) is 0 Å². The number of benzene rings is 1. The van der Waals surface area contributed by atoms with E-state index in [9.17, 15) is 9.59 Å². The maximum atomic E-state index is 12.6. The Kier molecular flexibility index (Phi) is 4.81. The highest BCUT2D eigenvalue weighted by Gasteiger charge is 2.25. The van der Waals surface area contributed by atoms with Gasteiger partial charge in [-0.05, 0) is 30.5 Å². The second-order valence-electron chi connectivity index (χ2n) is 5.35. The van der Waals surface area contributed by atoms with Crippen molar-refractivity contribution >= 4 is 29.0 Å². The molecule has 0 radical (unpaired) electrons. The van der Waals surface area contributed by atoms with Gasteiger partial charge in [0, 0.05) is 17.2 Å². The van der Waals surface area contributed by atoms with Crippen molar-refractivity contribution in [2.24, 2.45) is 5.92 Å². The number of carbonyl (C=O) groups excluding carboxylic acids is 2. The summed E-state index contributed by atoms with van der Waals surface area (Å²) in [4.78, 5) is 24.0.